The lowest BCUT2D eigenvalue weighted by Gasteiger charge is -2.12. The highest BCUT2D eigenvalue weighted by molar-refractivity contribution is 5.77. The molecule has 98 valence electrons. The fourth-order valence-corrected chi connectivity index (χ4v) is 1.53. The molecule has 1 amide bonds. The molecule has 0 unspecified atom stereocenters. The smallest absolute Gasteiger partial charge is 0.258 e. The Labute approximate surface area is 106 Å². The Morgan fingerprint density at radius 3 is 3.00 bits per heavy atom. The van der Waals surface area contributed by atoms with E-state index in [0.717, 1.165) is 6.42 Å². The van der Waals surface area contributed by atoms with Crippen molar-refractivity contribution >= 4 is 5.91 Å². The Kier molecular flexibility index (Phi) is 3.92. The van der Waals surface area contributed by atoms with Gasteiger partial charge in [0.2, 0.25) is 6.79 Å². The van der Waals surface area contributed by atoms with Crippen LogP contribution in [-0.2, 0) is 4.79 Å². The summed E-state index contributed by atoms with van der Waals surface area (Å²) in [6.45, 7) is 4.21. The van der Waals surface area contributed by atoms with Crippen molar-refractivity contribution in [3.63, 3.8) is 0 Å². The third-order valence-corrected chi connectivity index (χ3v) is 2.73. The van der Waals surface area contributed by atoms with E-state index in [1.54, 1.807) is 18.2 Å². The summed E-state index contributed by atoms with van der Waals surface area (Å²) in [5, 5.41) is 2.83. The molecule has 1 aromatic carbocycles. The van der Waals surface area contributed by atoms with E-state index in [2.05, 4.69) is 5.32 Å². The van der Waals surface area contributed by atoms with E-state index < -0.39 is 0 Å². The number of carbonyl (C=O) groups excluding carboxylic acids is 1. The first-order chi connectivity index (χ1) is 8.69. The second-order valence-electron chi connectivity index (χ2n) is 4.18. The lowest BCUT2D eigenvalue weighted by Crippen LogP contribution is -2.35. The van der Waals surface area contributed by atoms with E-state index in [-0.39, 0.29) is 25.3 Å². The predicted molar refractivity (Wildman–Crippen MR) is 66.0 cm³/mol. The Hall–Kier alpha value is -1.91. The molecule has 0 aliphatic carbocycles. The quantitative estimate of drug-likeness (QED) is 0.865. The van der Waals surface area contributed by atoms with Gasteiger partial charge in [-0.25, -0.2) is 0 Å². The molecule has 5 nitrogen and oxygen atoms in total. The molecule has 0 bridgehead atoms. The molecule has 0 saturated heterocycles. The molecule has 1 aromatic rings. The topological polar surface area (TPSA) is 56.8 Å². The van der Waals surface area contributed by atoms with Gasteiger partial charge in [-0.2, -0.15) is 0 Å². The average molecular weight is 251 g/mol. The summed E-state index contributed by atoms with van der Waals surface area (Å²) < 4.78 is 15.8. The van der Waals surface area contributed by atoms with Crippen molar-refractivity contribution in [2.24, 2.45) is 0 Å². The van der Waals surface area contributed by atoms with E-state index in [1.807, 2.05) is 13.8 Å². The van der Waals surface area contributed by atoms with Crippen LogP contribution < -0.4 is 19.5 Å². The van der Waals surface area contributed by atoms with E-state index in [1.165, 1.54) is 0 Å². The van der Waals surface area contributed by atoms with Crippen molar-refractivity contribution in [2.45, 2.75) is 26.3 Å². The van der Waals surface area contributed by atoms with Crippen LogP contribution in [0.4, 0.5) is 0 Å². The molecule has 0 spiro atoms. The van der Waals surface area contributed by atoms with Gasteiger partial charge in [0.1, 0.15) is 5.75 Å². The average Bonchev–Trinajstić information content (AvgIpc) is 2.83. The lowest BCUT2D eigenvalue weighted by atomic mass is 10.2. The molecule has 0 radical (unpaired) electrons. The molecule has 2 rings (SSSR count). The van der Waals surface area contributed by atoms with Crippen molar-refractivity contribution in [1.29, 1.82) is 0 Å². The Morgan fingerprint density at radius 2 is 2.22 bits per heavy atom. The summed E-state index contributed by atoms with van der Waals surface area (Å²) in [7, 11) is 0. The predicted octanol–water partition coefficient (Wildman–Crippen LogP) is 1.71. The Bertz CT molecular complexity index is 433. The van der Waals surface area contributed by atoms with Gasteiger partial charge in [0.25, 0.3) is 5.91 Å². The molecule has 0 fully saturated rings. The number of hydrogen-bond donors (Lipinski definition) is 1. The largest absolute Gasteiger partial charge is 0.484 e. The van der Waals surface area contributed by atoms with Gasteiger partial charge >= 0.3 is 0 Å². The van der Waals surface area contributed by atoms with Gasteiger partial charge in [-0.05, 0) is 25.5 Å². The first-order valence-electron chi connectivity index (χ1n) is 6.01. The van der Waals surface area contributed by atoms with Crippen molar-refractivity contribution in [3.8, 4) is 17.2 Å². The number of benzene rings is 1. The zero-order valence-corrected chi connectivity index (χ0v) is 10.6. The van der Waals surface area contributed by atoms with E-state index >= 15 is 0 Å². The van der Waals surface area contributed by atoms with Crippen molar-refractivity contribution in [1.82, 2.24) is 5.32 Å². The van der Waals surface area contributed by atoms with Crippen LogP contribution in [0.5, 0.6) is 17.2 Å². The third kappa shape index (κ3) is 3.06. The maximum absolute atomic E-state index is 11.5. The van der Waals surface area contributed by atoms with E-state index in [0.29, 0.717) is 17.2 Å². The normalized spacial score (nSPS) is 14.1. The van der Waals surface area contributed by atoms with Gasteiger partial charge in [-0.1, -0.05) is 6.92 Å². The van der Waals surface area contributed by atoms with E-state index in [4.69, 9.17) is 14.2 Å². The van der Waals surface area contributed by atoms with Crippen molar-refractivity contribution < 1.29 is 19.0 Å². The zero-order valence-electron chi connectivity index (χ0n) is 10.6. The van der Waals surface area contributed by atoms with Gasteiger partial charge in [-0.3, -0.25) is 4.79 Å². The zero-order chi connectivity index (χ0) is 13.0. The Balaban J connectivity index is 1.85. The monoisotopic (exact) mass is 251 g/mol. The minimum absolute atomic E-state index is 0.00395. The Morgan fingerprint density at radius 1 is 1.44 bits per heavy atom. The van der Waals surface area contributed by atoms with Crippen LogP contribution in [0, 0.1) is 0 Å². The van der Waals surface area contributed by atoms with Crippen LogP contribution in [0.1, 0.15) is 20.3 Å². The second-order valence-corrected chi connectivity index (χ2v) is 4.18. The number of fused-ring (bicyclic) bond motifs is 1. The minimum Gasteiger partial charge on any atom is -0.484 e. The van der Waals surface area contributed by atoms with Crippen LogP contribution >= 0.6 is 0 Å². The highest BCUT2D eigenvalue weighted by atomic mass is 16.7. The number of hydrogen-bond acceptors (Lipinski definition) is 4. The molecule has 0 saturated carbocycles. The van der Waals surface area contributed by atoms with Crippen LogP contribution in [-0.4, -0.2) is 25.3 Å². The maximum Gasteiger partial charge on any atom is 0.258 e. The number of amides is 1. The lowest BCUT2D eigenvalue weighted by molar-refractivity contribution is -0.123. The summed E-state index contributed by atoms with van der Waals surface area (Å²) in [5.74, 6) is 1.82. The standard InChI is InChI=1S/C13H17NO4/c1-3-9(2)14-13(15)7-16-10-4-5-11-12(6-10)18-8-17-11/h4-6,9H,3,7-8H2,1-2H3,(H,14,15)/t9-/m1/s1. The van der Waals surface area contributed by atoms with Gasteiger partial charge < -0.3 is 19.5 Å². The highest BCUT2D eigenvalue weighted by Crippen LogP contribution is 2.34. The summed E-state index contributed by atoms with van der Waals surface area (Å²) in [5.41, 5.74) is 0. The van der Waals surface area contributed by atoms with Gasteiger partial charge in [0, 0.05) is 12.1 Å². The first-order valence-corrected chi connectivity index (χ1v) is 6.01. The molecule has 18 heavy (non-hydrogen) atoms. The van der Waals surface area contributed by atoms with Crippen molar-refractivity contribution in [3.05, 3.63) is 18.2 Å². The molecule has 1 heterocycles. The summed E-state index contributed by atoms with van der Waals surface area (Å²) in [6, 6.07) is 5.41. The molecule has 5 heteroatoms. The fourth-order valence-electron chi connectivity index (χ4n) is 1.53. The molecular weight excluding hydrogens is 234 g/mol. The van der Waals surface area contributed by atoms with Gasteiger partial charge in [-0.15, -0.1) is 0 Å². The second kappa shape index (κ2) is 5.62. The van der Waals surface area contributed by atoms with Crippen LogP contribution in [0.25, 0.3) is 0 Å². The molecule has 0 aromatic heterocycles. The summed E-state index contributed by atoms with van der Waals surface area (Å²) in [6.07, 6.45) is 0.899. The first kappa shape index (κ1) is 12.5. The van der Waals surface area contributed by atoms with Crippen LogP contribution in [0.3, 0.4) is 0 Å². The minimum atomic E-state index is -0.123. The maximum atomic E-state index is 11.5. The number of carbonyl (C=O) groups is 1. The number of rotatable bonds is 5. The molecule has 1 aliphatic heterocycles. The van der Waals surface area contributed by atoms with E-state index in [9.17, 15) is 4.79 Å². The summed E-state index contributed by atoms with van der Waals surface area (Å²) >= 11 is 0. The van der Waals surface area contributed by atoms with Crippen LogP contribution in [0.15, 0.2) is 18.2 Å². The SMILES string of the molecule is CC[C@@H](C)NC(=O)COc1ccc2c(c1)OCO2. The fraction of sp³-hybridized carbons (Fsp3) is 0.462. The van der Waals surface area contributed by atoms with Crippen molar-refractivity contribution in [2.75, 3.05) is 13.4 Å². The highest BCUT2D eigenvalue weighted by Gasteiger charge is 2.14. The molecular formula is C13H17NO4. The van der Waals surface area contributed by atoms with Crippen LogP contribution in [0.2, 0.25) is 0 Å². The number of ether oxygens (including phenoxy) is 3. The molecule has 1 aliphatic rings. The summed E-state index contributed by atoms with van der Waals surface area (Å²) in [4.78, 5) is 11.5. The number of nitrogens with one attached hydrogen (secondary N) is 1. The van der Waals surface area contributed by atoms with Gasteiger partial charge in [0.15, 0.2) is 18.1 Å². The molecule has 1 atom stereocenters. The third-order valence-electron chi connectivity index (χ3n) is 2.73. The van der Waals surface area contributed by atoms with Gasteiger partial charge in [0.05, 0.1) is 0 Å². The molecule has 1 N–H and O–H groups in total.